The molecule has 0 fully saturated rings. The van der Waals surface area contributed by atoms with Crippen LogP contribution in [-0.4, -0.2) is 29.3 Å². The molecule has 3 aromatic rings. The van der Waals surface area contributed by atoms with Gasteiger partial charge in [0.2, 0.25) is 0 Å². The number of hydrogen-bond acceptors (Lipinski definition) is 4. The molecule has 124 valence electrons. The molecule has 0 aliphatic heterocycles. The lowest BCUT2D eigenvalue weighted by Crippen LogP contribution is -2.27. The van der Waals surface area contributed by atoms with Gasteiger partial charge < -0.3 is 14.5 Å². The Bertz CT molecular complexity index is 827. The van der Waals surface area contributed by atoms with E-state index in [-0.39, 0.29) is 5.91 Å². The van der Waals surface area contributed by atoms with Crippen molar-refractivity contribution in [1.82, 2.24) is 15.1 Å². The number of ether oxygens (including phenoxy) is 1. The Labute approximate surface area is 144 Å². The summed E-state index contributed by atoms with van der Waals surface area (Å²) in [4.78, 5) is 12.3. The minimum Gasteiger partial charge on any atom is -0.496 e. The topological polar surface area (TPSA) is 69.3 Å². The van der Waals surface area contributed by atoms with Gasteiger partial charge in [-0.25, -0.2) is 0 Å². The van der Waals surface area contributed by atoms with Gasteiger partial charge >= 0.3 is 0 Å². The SMILES string of the molecule is COc1ccc(Cl)cc1C(=O)NCCn1cc(-c2ccoc2)cn1. The molecule has 0 aliphatic rings. The predicted molar refractivity (Wildman–Crippen MR) is 90.3 cm³/mol. The summed E-state index contributed by atoms with van der Waals surface area (Å²) in [5.41, 5.74) is 2.34. The second kappa shape index (κ2) is 7.23. The first kappa shape index (κ1) is 16.1. The van der Waals surface area contributed by atoms with Gasteiger partial charge in [-0.05, 0) is 24.3 Å². The van der Waals surface area contributed by atoms with E-state index in [0.717, 1.165) is 11.1 Å². The average Bonchev–Trinajstić information content (AvgIpc) is 3.26. The highest BCUT2D eigenvalue weighted by molar-refractivity contribution is 6.31. The fourth-order valence-corrected chi connectivity index (χ4v) is 2.47. The van der Waals surface area contributed by atoms with Crippen LogP contribution in [0.3, 0.4) is 0 Å². The van der Waals surface area contributed by atoms with Crippen molar-refractivity contribution < 1.29 is 13.9 Å². The Hall–Kier alpha value is -2.73. The van der Waals surface area contributed by atoms with Gasteiger partial charge in [-0.15, -0.1) is 0 Å². The largest absolute Gasteiger partial charge is 0.496 e. The van der Waals surface area contributed by atoms with E-state index in [9.17, 15) is 4.79 Å². The Morgan fingerprint density at radius 3 is 3.00 bits per heavy atom. The van der Waals surface area contributed by atoms with E-state index in [1.807, 2.05) is 12.3 Å². The van der Waals surface area contributed by atoms with Crippen molar-refractivity contribution in [2.24, 2.45) is 0 Å². The Kier molecular flexibility index (Phi) is 4.86. The van der Waals surface area contributed by atoms with Gasteiger partial charge in [-0.2, -0.15) is 5.10 Å². The number of aromatic nitrogens is 2. The number of amides is 1. The van der Waals surface area contributed by atoms with Crippen molar-refractivity contribution in [2.75, 3.05) is 13.7 Å². The summed E-state index contributed by atoms with van der Waals surface area (Å²) >= 11 is 5.94. The maximum absolute atomic E-state index is 12.3. The van der Waals surface area contributed by atoms with Crippen molar-refractivity contribution in [3.8, 4) is 16.9 Å². The fraction of sp³-hybridized carbons (Fsp3) is 0.176. The summed E-state index contributed by atoms with van der Waals surface area (Å²) in [5.74, 6) is 0.245. The van der Waals surface area contributed by atoms with E-state index in [1.165, 1.54) is 7.11 Å². The first-order valence-corrected chi connectivity index (χ1v) is 7.72. The van der Waals surface area contributed by atoms with Gasteiger partial charge in [0, 0.05) is 28.9 Å². The third-order valence-corrected chi connectivity index (χ3v) is 3.76. The molecule has 0 saturated carbocycles. The number of carbonyl (C=O) groups is 1. The van der Waals surface area contributed by atoms with E-state index in [4.69, 9.17) is 20.8 Å². The molecule has 0 radical (unpaired) electrons. The number of carbonyl (C=O) groups excluding carboxylic acids is 1. The summed E-state index contributed by atoms with van der Waals surface area (Å²) < 4.78 is 12.0. The molecule has 0 spiro atoms. The number of benzene rings is 1. The zero-order valence-electron chi connectivity index (χ0n) is 13.0. The summed E-state index contributed by atoms with van der Waals surface area (Å²) in [7, 11) is 1.52. The first-order chi connectivity index (χ1) is 11.7. The minimum absolute atomic E-state index is 0.239. The molecule has 3 rings (SSSR count). The van der Waals surface area contributed by atoms with Crippen molar-refractivity contribution >= 4 is 17.5 Å². The third-order valence-electron chi connectivity index (χ3n) is 3.52. The molecule has 0 bridgehead atoms. The lowest BCUT2D eigenvalue weighted by molar-refractivity contribution is 0.0949. The van der Waals surface area contributed by atoms with Crippen LogP contribution in [0.2, 0.25) is 5.02 Å². The van der Waals surface area contributed by atoms with Crippen molar-refractivity contribution in [2.45, 2.75) is 6.54 Å². The number of nitrogens with zero attached hydrogens (tertiary/aromatic N) is 2. The number of furan rings is 1. The van der Waals surface area contributed by atoms with Crippen LogP contribution in [0.25, 0.3) is 11.1 Å². The van der Waals surface area contributed by atoms with Gasteiger partial charge in [0.15, 0.2) is 0 Å². The molecule has 0 saturated heterocycles. The number of methoxy groups -OCH3 is 1. The molecule has 1 aromatic carbocycles. The molecule has 6 nitrogen and oxygen atoms in total. The fourth-order valence-electron chi connectivity index (χ4n) is 2.30. The smallest absolute Gasteiger partial charge is 0.255 e. The Morgan fingerprint density at radius 1 is 1.38 bits per heavy atom. The van der Waals surface area contributed by atoms with Crippen LogP contribution in [0.4, 0.5) is 0 Å². The Morgan fingerprint density at radius 2 is 2.25 bits per heavy atom. The molecule has 24 heavy (non-hydrogen) atoms. The maximum Gasteiger partial charge on any atom is 0.255 e. The van der Waals surface area contributed by atoms with E-state index in [0.29, 0.717) is 29.4 Å². The monoisotopic (exact) mass is 345 g/mol. The number of rotatable bonds is 6. The van der Waals surface area contributed by atoms with Gasteiger partial charge in [0.05, 0.1) is 37.9 Å². The predicted octanol–water partition coefficient (Wildman–Crippen LogP) is 3.24. The molecular formula is C17H16ClN3O3. The molecule has 2 heterocycles. The highest BCUT2D eigenvalue weighted by Crippen LogP contribution is 2.22. The Balaban J connectivity index is 1.59. The molecule has 0 unspecified atom stereocenters. The van der Waals surface area contributed by atoms with Crippen LogP contribution in [0.5, 0.6) is 5.75 Å². The molecule has 0 atom stereocenters. The molecule has 1 N–H and O–H groups in total. The van der Waals surface area contributed by atoms with Crippen LogP contribution in [0.15, 0.2) is 53.6 Å². The summed E-state index contributed by atoms with van der Waals surface area (Å²) in [5, 5.41) is 7.59. The lowest BCUT2D eigenvalue weighted by Gasteiger charge is -2.09. The van der Waals surface area contributed by atoms with Crippen molar-refractivity contribution in [3.05, 3.63) is 59.8 Å². The van der Waals surface area contributed by atoms with Crippen LogP contribution in [-0.2, 0) is 6.54 Å². The molecule has 7 heteroatoms. The molecule has 2 aromatic heterocycles. The number of nitrogens with one attached hydrogen (secondary N) is 1. The summed E-state index contributed by atoms with van der Waals surface area (Å²) in [6, 6.07) is 6.80. The van der Waals surface area contributed by atoms with Gasteiger partial charge in [0.25, 0.3) is 5.91 Å². The quantitative estimate of drug-likeness (QED) is 0.744. The molecule has 0 aliphatic carbocycles. The van der Waals surface area contributed by atoms with Gasteiger partial charge in [0.1, 0.15) is 5.75 Å². The van der Waals surface area contributed by atoms with Gasteiger partial charge in [-0.1, -0.05) is 11.6 Å². The number of halogens is 1. The van der Waals surface area contributed by atoms with E-state index < -0.39 is 0 Å². The van der Waals surface area contributed by atoms with Crippen molar-refractivity contribution in [1.29, 1.82) is 0 Å². The minimum atomic E-state index is -0.239. The lowest BCUT2D eigenvalue weighted by atomic mass is 10.2. The zero-order valence-corrected chi connectivity index (χ0v) is 13.8. The third kappa shape index (κ3) is 3.60. The van der Waals surface area contributed by atoms with Crippen LogP contribution in [0, 0.1) is 0 Å². The van der Waals surface area contributed by atoms with Crippen LogP contribution >= 0.6 is 11.6 Å². The molecular weight excluding hydrogens is 330 g/mol. The zero-order chi connectivity index (χ0) is 16.9. The standard InChI is InChI=1S/C17H16ClN3O3/c1-23-16-3-2-14(18)8-15(16)17(22)19-5-6-21-10-13(9-20-21)12-4-7-24-11-12/h2-4,7-11H,5-6H2,1H3,(H,19,22). The highest BCUT2D eigenvalue weighted by Gasteiger charge is 2.12. The second-order valence-corrected chi connectivity index (χ2v) is 5.54. The molecule has 1 amide bonds. The van der Waals surface area contributed by atoms with E-state index in [2.05, 4.69) is 10.4 Å². The second-order valence-electron chi connectivity index (χ2n) is 5.10. The van der Waals surface area contributed by atoms with Crippen LogP contribution in [0.1, 0.15) is 10.4 Å². The normalized spacial score (nSPS) is 10.6. The van der Waals surface area contributed by atoms with Crippen molar-refractivity contribution in [3.63, 3.8) is 0 Å². The highest BCUT2D eigenvalue weighted by atomic mass is 35.5. The van der Waals surface area contributed by atoms with Gasteiger partial charge in [-0.3, -0.25) is 9.48 Å². The van der Waals surface area contributed by atoms with E-state index >= 15 is 0 Å². The average molecular weight is 346 g/mol. The summed E-state index contributed by atoms with van der Waals surface area (Å²) in [6.07, 6.45) is 6.93. The maximum atomic E-state index is 12.3. The summed E-state index contributed by atoms with van der Waals surface area (Å²) in [6.45, 7) is 0.980. The number of hydrogen-bond donors (Lipinski definition) is 1. The van der Waals surface area contributed by atoms with E-state index in [1.54, 1.807) is 41.6 Å². The first-order valence-electron chi connectivity index (χ1n) is 7.34. The van der Waals surface area contributed by atoms with Crippen LogP contribution < -0.4 is 10.1 Å².